The van der Waals surface area contributed by atoms with Crippen LogP contribution in [0.2, 0.25) is 5.02 Å². The number of amides is 1. The van der Waals surface area contributed by atoms with Gasteiger partial charge in [0.25, 0.3) is 0 Å². The maximum absolute atomic E-state index is 12.4. The zero-order valence-corrected chi connectivity index (χ0v) is 16.3. The highest BCUT2D eigenvalue weighted by Gasteiger charge is 2.16. The van der Waals surface area contributed by atoms with E-state index in [1.807, 2.05) is 35.9 Å². The predicted molar refractivity (Wildman–Crippen MR) is 108 cm³/mol. The maximum Gasteiger partial charge on any atom is 0.241 e. The number of hydrogen-bond donors (Lipinski definition) is 2. The van der Waals surface area contributed by atoms with Crippen molar-refractivity contribution in [2.75, 3.05) is 5.32 Å². The summed E-state index contributed by atoms with van der Waals surface area (Å²) in [6.07, 6.45) is 1.98. The van der Waals surface area contributed by atoms with Crippen LogP contribution in [0.5, 0.6) is 0 Å². The lowest BCUT2D eigenvalue weighted by atomic mass is 10.1. The number of anilines is 1. The molecule has 3 rings (SSSR count). The van der Waals surface area contributed by atoms with Gasteiger partial charge in [-0.15, -0.1) is 10.2 Å². The number of carbonyl (C=O) groups excluding carboxylic acids is 1. The van der Waals surface area contributed by atoms with E-state index in [0.29, 0.717) is 17.1 Å². The number of nitrogens with two attached hydrogens (primary N) is 1. The summed E-state index contributed by atoms with van der Waals surface area (Å²) in [6, 6.07) is 12.1. The molecule has 26 heavy (non-hydrogen) atoms. The smallest absolute Gasteiger partial charge is 0.241 e. The van der Waals surface area contributed by atoms with Gasteiger partial charge in [0.15, 0.2) is 5.82 Å². The molecular weight excluding hydrogens is 418 g/mol. The van der Waals surface area contributed by atoms with Crippen molar-refractivity contribution in [3.05, 3.63) is 63.9 Å². The van der Waals surface area contributed by atoms with Crippen molar-refractivity contribution in [1.82, 2.24) is 14.8 Å². The largest absolute Gasteiger partial charge is 0.325 e. The lowest BCUT2D eigenvalue weighted by Gasteiger charge is -2.14. The molecule has 0 aliphatic heterocycles. The van der Waals surface area contributed by atoms with Crippen LogP contribution in [0.3, 0.4) is 0 Å². The Bertz CT molecular complexity index is 932. The Morgan fingerprint density at radius 3 is 2.73 bits per heavy atom. The van der Waals surface area contributed by atoms with Crippen molar-refractivity contribution in [2.45, 2.75) is 12.5 Å². The Morgan fingerprint density at radius 2 is 2.08 bits per heavy atom. The van der Waals surface area contributed by atoms with Crippen molar-refractivity contribution >= 4 is 39.1 Å². The summed E-state index contributed by atoms with van der Waals surface area (Å²) in [4.78, 5) is 12.4. The number of aryl methyl sites for hydroxylation is 1. The second-order valence-electron chi connectivity index (χ2n) is 5.88. The van der Waals surface area contributed by atoms with Gasteiger partial charge in [0.05, 0.1) is 6.04 Å². The summed E-state index contributed by atoms with van der Waals surface area (Å²) in [6.45, 7) is 0. The second kappa shape index (κ2) is 7.99. The van der Waals surface area contributed by atoms with Crippen LogP contribution < -0.4 is 11.1 Å². The van der Waals surface area contributed by atoms with Crippen LogP contribution in [0.1, 0.15) is 6.99 Å². The first-order valence-electron chi connectivity index (χ1n) is 7.89. The van der Waals surface area contributed by atoms with Crippen LogP contribution in [-0.4, -0.2) is 26.7 Å². The van der Waals surface area contributed by atoms with E-state index in [4.69, 9.17) is 17.3 Å². The summed E-state index contributed by atoms with van der Waals surface area (Å²) >= 11 is 9.56. The molecule has 1 aromatic heterocycles. The van der Waals surface area contributed by atoms with Gasteiger partial charge in [-0.05, 0) is 54.4 Å². The highest BCUT2D eigenvalue weighted by Crippen LogP contribution is 2.23. The molecule has 0 aliphatic rings. The molecule has 0 saturated heterocycles. The number of hydrogen-bond acceptors (Lipinski definition) is 4. The van der Waals surface area contributed by atoms with Gasteiger partial charge in [0.1, 0.15) is 6.33 Å². The zero-order valence-electron chi connectivity index (χ0n) is 14.0. The number of nitrogens with one attached hydrogen (secondary N) is 1. The summed E-state index contributed by atoms with van der Waals surface area (Å²) in [5.74, 6) is 0.483. The highest BCUT2D eigenvalue weighted by molar-refractivity contribution is 9.10. The third-order valence-electron chi connectivity index (χ3n) is 3.91. The van der Waals surface area contributed by atoms with Gasteiger partial charge in [0, 0.05) is 29.2 Å². The Kier molecular flexibility index (Phi) is 5.70. The first-order valence-corrected chi connectivity index (χ1v) is 9.06. The molecule has 1 atom stereocenters. The number of rotatable bonds is 5. The SMILES string of the molecule is Cn1cnnc1-c1ccc(NC(=O)C(N)Cc2cc(Br)ccc2Cl)cc1.[HH]. The van der Waals surface area contributed by atoms with Gasteiger partial charge in [-0.2, -0.15) is 0 Å². The topological polar surface area (TPSA) is 85.8 Å². The first kappa shape index (κ1) is 18.6. The summed E-state index contributed by atoms with van der Waals surface area (Å²) in [5.41, 5.74) is 8.43. The Balaban J connectivity index is 0.00000261. The Hall–Kier alpha value is -2.22. The number of carbonyl (C=O) groups is 1. The normalized spacial score (nSPS) is 12.0. The average molecular weight is 437 g/mol. The minimum atomic E-state index is -0.708. The number of aromatic nitrogens is 3. The lowest BCUT2D eigenvalue weighted by Crippen LogP contribution is -2.37. The first-order chi connectivity index (χ1) is 12.4. The molecule has 3 N–H and O–H groups in total. The van der Waals surface area contributed by atoms with Gasteiger partial charge in [-0.25, -0.2) is 0 Å². The van der Waals surface area contributed by atoms with Crippen LogP contribution in [0, 0.1) is 0 Å². The molecule has 8 heteroatoms. The standard InChI is InChI=1S/C18H17BrClN5O.H2/c1-25-10-22-24-17(25)11-2-5-14(6-3-11)23-18(26)16(21)9-12-8-13(19)4-7-15(12)20;/h2-8,10,16H,9,21H2,1H3,(H,23,26);1H. The number of benzene rings is 2. The molecule has 0 fully saturated rings. The minimum absolute atomic E-state index is 0. The highest BCUT2D eigenvalue weighted by atomic mass is 79.9. The summed E-state index contributed by atoms with van der Waals surface area (Å²) in [5, 5.41) is 11.3. The third-order valence-corrected chi connectivity index (χ3v) is 4.77. The predicted octanol–water partition coefficient (Wildman–Crippen LogP) is 3.65. The van der Waals surface area contributed by atoms with E-state index < -0.39 is 6.04 Å². The van der Waals surface area contributed by atoms with Crippen LogP contribution in [0.4, 0.5) is 5.69 Å². The molecule has 3 aromatic rings. The Labute approximate surface area is 166 Å². The number of halogens is 2. The lowest BCUT2D eigenvalue weighted by molar-refractivity contribution is -0.117. The van der Waals surface area contributed by atoms with Gasteiger partial charge >= 0.3 is 0 Å². The maximum atomic E-state index is 12.4. The van der Waals surface area contributed by atoms with E-state index in [2.05, 4.69) is 31.4 Å². The molecular formula is C18H19BrClN5O. The summed E-state index contributed by atoms with van der Waals surface area (Å²) < 4.78 is 2.72. The molecule has 136 valence electrons. The fraction of sp³-hybridized carbons (Fsp3) is 0.167. The van der Waals surface area contributed by atoms with Crippen LogP contribution >= 0.6 is 27.5 Å². The number of nitrogens with zero attached hydrogens (tertiary/aromatic N) is 3. The monoisotopic (exact) mass is 435 g/mol. The van der Waals surface area contributed by atoms with E-state index in [0.717, 1.165) is 21.4 Å². The molecule has 0 bridgehead atoms. The zero-order chi connectivity index (χ0) is 18.7. The van der Waals surface area contributed by atoms with E-state index in [1.165, 1.54) is 0 Å². The van der Waals surface area contributed by atoms with Gasteiger partial charge in [-0.3, -0.25) is 4.79 Å². The van der Waals surface area contributed by atoms with Crippen molar-refractivity contribution in [2.24, 2.45) is 12.8 Å². The van der Waals surface area contributed by atoms with Crippen molar-refractivity contribution in [3.8, 4) is 11.4 Å². The van der Waals surface area contributed by atoms with Crippen molar-refractivity contribution < 1.29 is 6.22 Å². The van der Waals surface area contributed by atoms with Crippen molar-refractivity contribution in [1.29, 1.82) is 0 Å². The average Bonchev–Trinajstić information content (AvgIpc) is 3.04. The molecule has 6 nitrogen and oxygen atoms in total. The van der Waals surface area contributed by atoms with Crippen LogP contribution in [0.15, 0.2) is 53.3 Å². The van der Waals surface area contributed by atoms with E-state index >= 15 is 0 Å². The molecule has 1 heterocycles. The fourth-order valence-electron chi connectivity index (χ4n) is 2.51. The molecule has 0 spiro atoms. The van der Waals surface area contributed by atoms with Gasteiger partial charge in [-0.1, -0.05) is 27.5 Å². The van der Waals surface area contributed by atoms with E-state index in [1.54, 1.807) is 24.5 Å². The quantitative estimate of drug-likeness (QED) is 0.639. The third kappa shape index (κ3) is 4.30. The van der Waals surface area contributed by atoms with E-state index in [9.17, 15) is 4.79 Å². The molecule has 1 amide bonds. The molecule has 1 unspecified atom stereocenters. The minimum Gasteiger partial charge on any atom is -0.325 e. The summed E-state index contributed by atoms with van der Waals surface area (Å²) in [7, 11) is 1.87. The molecule has 0 radical (unpaired) electrons. The molecule has 2 aromatic carbocycles. The van der Waals surface area contributed by atoms with Crippen LogP contribution in [-0.2, 0) is 18.3 Å². The van der Waals surface area contributed by atoms with Crippen LogP contribution in [0.25, 0.3) is 11.4 Å². The van der Waals surface area contributed by atoms with Crippen molar-refractivity contribution in [3.63, 3.8) is 0 Å². The molecule has 0 aliphatic carbocycles. The Morgan fingerprint density at radius 1 is 1.35 bits per heavy atom. The molecule has 0 saturated carbocycles. The van der Waals surface area contributed by atoms with Gasteiger partial charge in [0.2, 0.25) is 5.91 Å². The fourth-order valence-corrected chi connectivity index (χ4v) is 3.11. The van der Waals surface area contributed by atoms with Gasteiger partial charge < -0.3 is 15.6 Å². The second-order valence-corrected chi connectivity index (χ2v) is 7.20. The van der Waals surface area contributed by atoms with E-state index in [-0.39, 0.29) is 7.33 Å².